The minimum Gasteiger partial charge on any atom is -0.361 e. The number of benzene rings is 2. The summed E-state index contributed by atoms with van der Waals surface area (Å²) in [6.45, 7) is 1.59. The number of aliphatic imine (C=N–C) groups is 3. The highest BCUT2D eigenvalue weighted by Crippen LogP contribution is 2.37. The van der Waals surface area contributed by atoms with Crippen LogP contribution in [-0.2, 0) is 12.6 Å². The number of aryl methyl sites for hydroxylation is 1. The Morgan fingerprint density at radius 1 is 1.03 bits per heavy atom. The predicted octanol–water partition coefficient (Wildman–Crippen LogP) is 6.51. The zero-order valence-corrected chi connectivity index (χ0v) is 19.0. The first kappa shape index (κ1) is 23.8. The Balaban J connectivity index is 1.34. The maximum absolute atomic E-state index is 14.2. The lowest BCUT2D eigenvalue weighted by Gasteiger charge is -2.12. The van der Waals surface area contributed by atoms with E-state index in [4.69, 9.17) is 4.52 Å². The first-order chi connectivity index (χ1) is 17.2. The maximum atomic E-state index is 14.2. The van der Waals surface area contributed by atoms with Gasteiger partial charge in [-0.2, -0.15) is 13.2 Å². The molecule has 5 nitrogen and oxygen atoms in total. The van der Waals surface area contributed by atoms with Crippen LogP contribution in [-0.4, -0.2) is 29.0 Å². The summed E-state index contributed by atoms with van der Waals surface area (Å²) in [4.78, 5) is 13.2. The summed E-state index contributed by atoms with van der Waals surface area (Å²) in [6, 6.07) is 9.12. The van der Waals surface area contributed by atoms with E-state index in [1.807, 2.05) is 6.08 Å². The number of allylic oxidation sites excluding steroid dienone is 2. The van der Waals surface area contributed by atoms with Gasteiger partial charge in [-0.05, 0) is 38.0 Å². The van der Waals surface area contributed by atoms with Crippen molar-refractivity contribution in [1.82, 2.24) is 5.16 Å². The van der Waals surface area contributed by atoms with Crippen molar-refractivity contribution in [2.45, 2.75) is 38.4 Å². The lowest BCUT2D eigenvalue weighted by Crippen LogP contribution is -2.13. The minimum atomic E-state index is -4.52. The van der Waals surface area contributed by atoms with E-state index in [-0.39, 0.29) is 28.7 Å². The molecule has 10 heteroatoms. The lowest BCUT2D eigenvalue weighted by atomic mass is 10.00. The van der Waals surface area contributed by atoms with E-state index in [2.05, 4.69) is 20.1 Å². The van der Waals surface area contributed by atoms with Gasteiger partial charge in [0.2, 0.25) is 0 Å². The van der Waals surface area contributed by atoms with Crippen molar-refractivity contribution in [1.29, 1.82) is 0 Å². The molecule has 3 aromatic rings. The van der Waals surface area contributed by atoms with Gasteiger partial charge in [-0.15, -0.1) is 0 Å². The smallest absolute Gasteiger partial charge is 0.361 e. The first-order valence-corrected chi connectivity index (χ1v) is 11.2. The molecule has 0 aliphatic carbocycles. The fourth-order valence-corrected chi connectivity index (χ4v) is 4.11. The molecule has 2 aliphatic heterocycles. The molecule has 2 aromatic carbocycles. The Hall–Kier alpha value is -3.95. The number of hydrogen-bond acceptors (Lipinski definition) is 5. The first-order valence-electron chi connectivity index (χ1n) is 11.2. The summed E-state index contributed by atoms with van der Waals surface area (Å²) >= 11 is 0. The molecule has 0 amide bonds. The minimum absolute atomic E-state index is 0.0383. The lowest BCUT2D eigenvalue weighted by molar-refractivity contribution is -0.137. The van der Waals surface area contributed by atoms with E-state index in [0.29, 0.717) is 42.0 Å². The molecule has 1 aromatic heterocycles. The highest BCUT2D eigenvalue weighted by Gasteiger charge is 2.34. The number of aromatic nitrogens is 1. The van der Waals surface area contributed by atoms with Crippen molar-refractivity contribution in [2.24, 2.45) is 15.0 Å². The van der Waals surface area contributed by atoms with E-state index in [1.54, 1.807) is 13.0 Å². The normalized spacial score (nSPS) is 17.7. The van der Waals surface area contributed by atoms with Crippen molar-refractivity contribution >= 4 is 17.8 Å². The summed E-state index contributed by atoms with van der Waals surface area (Å²) in [5.74, 6) is -1.54. The number of rotatable bonds is 4. The molecule has 0 spiro atoms. The second kappa shape index (κ2) is 9.25. The molecule has 0 fully saturated rings. The van der Waals surface area contributed by atoms with Crippen LogP contribution in [0.25, 0.3) is 11.3 Å². The van der Waals surface area contributed by atoms with Gasteiger partial charge in [0.25, 0.3) is 0 Å². The molecule has 2 aliphatic rings. The molecule has 5 rings (SSSR count). The summed E-state index contributed by atoms with van der Waals surface area (Å²) < 4.78 is 73.7. The van der Waals surface area contributed by atoms with E-state index in [9.17, 15) is 22.0 Å². The van der Waals surface area contributed by atoms with Crippen LogP contribution in [0.5, 0.6) is 0 Å². The Morgan fingerprint density at radius 3 is 2.67 bits per heavy atom. The van der Waals surface area contributed by atoms with Crippen molar-refractivity contribution in [3.63, 3.8) is 0 Å². The summed E-state index contributed by atoms with van der Waals surface area (Å²) in [6.07, 6.45) is 0.346. The molecule has 3 heterocycles. The highest BCUT2D eigenvalue weighted by atomic mass is 19.4. The van der Waals surface area contributed by atoms with E-state index in [0.717, 1.165) is 12.1 Å². The highest BCUT2D eigenvalue weighted by molar-refractivity contribution is 6.43. The Labute approximate surface area is 202 Å². The quantitative estimate of drug-likeness (QED) is 0.385. The van der Waals surface area contributed by atoms with E-state index >= 15 is 0 Å². The number of alkyl halides is 3. The van der Waals surface area contributed by atoms with Crippen molar-refractivity contribution in [3.8, 4) is 11.3 Å². The van der Waals surface area contributed by atoms with Crippen LogP contribution in [0.3, 0.4) is 0 Å². The monoisotopic (exact) mass is 498 g/mol. The van der Waals surface area contributed by atoms with Gasteiger partial charge < -0.3 is 4.52 Å². The Bertz CT molecular complexity index is 1450. The standard InChI is InChI=1S/C26H19F5N4O/c1-14-8-9-17(19(10-14)26(29,30)31)22-12-16(36-35-22)11-15-4-2-7-21-23(13-32-15)34-25(33-21)18-5-3-6-20(27)24(18)28/h3,5-10,12-13,15H,2,4,11H2,1H3. The third kappa shape index (κ3) is 4.75. The van der Waals surface area contributed by atoms with Crippen LogP contribution in [0, 0.1) is 18.6 Å². The van der Waals surface area contributed by atoms with Gasteiger partial charge in [0.15, 0.2) is 17.5 Å². The molecular formula is C26H19F5N4O. The molecule has 0 bridgehead atoms. The van der Waals surface area contributed by atoms with Crippen molar-refractivity contribution < 1.29 is 26.5 Å². The third-order valence-electron chi connectivity index (χ3n) is 5.91. The zero-order valence-electron chi connectivity index (χ0n) is 19.0. The molecule has 0 radical (unpaired) electrons. The molecular weight excluding hydrogens is 479 g/mol. The van der Waals surface area contributed by atoms with E-state index < -0.39 is 23.4 Å². The Kier molecular flexibility index (Phi) is 6.11. The summed E-state index contributed by atoms with van der Waals surface area (Å²) in [5, 5.41) is 3.86. The van der Waals surface area contributed by atoms with Crippen LogP contribution < -0.4 is 0 Å². The zero-order chi connectivity index (χ0) is 25.4. The third-order valence-corrected chi connectivity index (χ3v) is 5.91. The molecule has 0 saturated carbocycles. The number of amidine groups is 1. The molecule has 1 unspecified atom stereocenters. The summed E-state index contributed by atoms with van der Waals surface area (Å²) in [5.41, 5.74) is 0.685. The second-order valence-corrected chi connectivity index (χ2v) is 8.56. The van der Waals surface area contributed by atoms with E-state index in [1.165, 1.54) is 30.5 Å². The topological polar surface area (TPSA) is 63.1 Å². The van der Waals surface area contributed by atoms with Crippen molar-refractivity contribution in [3.05, 3.63) is 88.3 Å². The van der Waals surface area contributed by atoms with Gasteiger partial charge in [-0.3, -0.25) is 4.99 Å². The Morgan fingerprint density at radius 2 is 1.86 bits per heavy atom. The average Bonchev–Trinajstić information content (AvgIpc) is 3.44. The maximum Gasteiger partial charge on any atom is 0.417 e. The number of hydrogen-bond donors (Lipinski definition) is 0. The second-order valence-electron chi connectivity index (χ2n) is 8.56. The molecule has 36 heavy (non-hydrogen) atoms. The number of nitrogens with zero attached hydrogens (tertiary/aromatic N) is 4. The SMILES string of the molecule is Cc1ccc(-c2cc(CC3CCC=C4N=C(c5cccc(F)c5F)N=C4C=N3)on2)c(C(F)(F)F)c1. The molecule has 1 atom stereocenters. The largest absolute Gasteiger partial charge is 0.417 e. The van der Waals surface area contributed by atoms with Gasteiger partial charge in [0.05, 0.1) is 22.9 Å². The number of fused-ring (bicyclic) bond motifs is 1. The molecule has 184 valence electrons. The van der Waals surface area contributed by atoms with Crippen LogP contribution in [0.4, 0.5) is 22.0 Å². The van der Waals surface area contributed by atoms with Gasteiger partial charge in [0, 0.05) is 24.3 Å². The fraction of sp³-hybridized carbons (Fsp3) is 0.231. The van der Waals surface area contributed by atoms with Crippen LogP contribution in [0.2, 0.25) is 0 Å². The predicted molar refractivity (Wildman–Crippen MR) is 125 cm³/mol. The molecule has 0 saturated heterocycles. The van der Waals surface area contributed by atoms with Gasteiger partial charge in [-0.25, -0.2) is 18.8 Å². The summed E-state index contributed by atoms with van der Waals surface area (Å²) in [7, 11) is 0. The van der Waals surface area contributed by atoms with Gasteiger partial charge in [-0.1, -0.05) is 35.0 Å². The van der Waals surface area contributed by atoms with Crippen LogP contribution in [0.15, 0.2) is 73.7 Å². The fourth-order valence-electron chi connectivity index (χ4n) is 4.11. The molecule has 0 N–H and O–H groups in total. The number of halogens is 5. The van der Waals surface area contributed by atoms with Gasteiger partial charge in [0.1, 0.15) is 17.2 Å². The van der Waals surface area contributed by atoms with Crippen LogP contribution >= 0.6 is 0 Å². The average molecular weight is 498 g/mol. The van der Waals surface area contributed by atoms with Crippen molar-refractivity contribution in [2.75, 3.05) is 0 Å². The van der Waals surface area contributed by atoms with Crippen LogP contribution in [0.1, 0.15) is 35.3 Å². The van der Waals surface area contributed by atoms with Gasteiger partial charge >= 0.3 is 6.18 Å².